The maximum absolute atomic E-state index is 12.6. The van der Waals surface area contributed by atoms with Crippen molar-refractivity contribution in [3.8, 4) is 0 Å². The maximum Gasteiger partial charge on any atom is 0.224 e. The van der Waals surface area contributed by atoms with E-state index in [9.17, 15) is 4.79 Å². The third-order valence-corrected chi connectivity index (χ3v) is 6.28. The summed E-state index contributed by atoms with van der Waals surface area (Å²) >= 11 is 0. The van der Waals surface area contributed by atoms with Crippen molar-refractivity contribution in [3.05, 3.63) is 24.4 Å². The number of guanidine groups is 1. The molecular formula is C23H39N7O. The molecule has 2 aliphatic rings. The van der Waals surface area contributed by atoms with Gasteiger partial charge in [-0.2, -0.15) is 0 Å². The minimum atomic E-state index is 0.197. The molecule has 172 valence electrons. The quantitative estimate of drug-likeness (QED) is 0.370. The monoisotopic (exact) mass is 429 g/mol. The number of piperidine rings is 1. The lowest BCUT2D eigenvalue weighted by atomic mass is 9.99. The van der Waals surface area contributed by atoms with Crippen LogP contribution in [0.15, 0.2) is 29.4 Å². The zero-order chi connectivity index (χ0) is 21.9. The molecule has 3 rings (SSSR count). The predicted molar refractivity (Wildman–Crippen MR) is 126 cm³/mol. The number of rotatable bonds is 8. The highest BCUT2D eigenvalue weighted by Gasteiger charge is 2.21. The molecule has 2 aliphatic heterocycles. The molecule has 2 fully saturated rings. The molecule has 0 aromatic carbocycles. The summed E-state index contributed by atoms with van der Waals surface area (Å²) in [5.41, 5.74) is 0. The van der Waals surface area contributed by atoms with Crippen LogP contribution in [0.3, 0.4) is 0 Å². The molecule has 0 bridgehead atoms. The van der Waals surface area contributed by atoms with E-state index >= 15 is 0 Å². The third kappa shape index (κ3) is 7.69. The SMILES string of the molecule is CN=C(NCCCN1CCC(C)CC1)NCCC(=O)N1CCN(c2ccccn2)CC1. The summed E-state index contributed by atoms with van der Waals surface area (Å²) in [4.78, 5) is 28.0. The number of piperazine rings is 1. The van der Waals surface area contributed by atoms with Crippen LogP contribution >= 0.6 is 0 Å². The molecule has 3 heterocycles. The number of pyridine rings is 1. The van der Waals surface area contributed by atoms with Gasteiger partial charge in [-0.25, -0.2) is 4.98 Å². The summed E-state index contributed by atoms with van der Waals surface area (Å²) in [6, 6.07) is 5.95. The Hall–Kier alpha value is -2.35. The van der Waals surface area contributed by atoms with Gasteiger partial charge in [0, 0.05) is 58.9 Å². The second-order valence-corrected chi connectivity index (χ2v) is 8.61. The minimum absolute atomic E-state index is 0.197. The number of likely N-dealkylation sites (tertiary alicyclic amines) is 1. The Morgan fingerprint density at radius 3 is 2.52 bits per heavy atom. The molecule has 2 N–H and O–H groups in total. The van der Waals surface area contributed by atoms with Gasteiger partial charge in [-0.05, 0) is 56.9 Å². The molecule has 1 aromatic rings. The zero-order valence-corrected chi connectivity index (χ0v) is 19.2. The first-order valence-corrected chi connectivity index (χ1v) is 11.8. The number of carbonyl (C=O) groups excluding carboxylic acids is 1. The number of aliphatic imine (C=N–C) groups is 1. The first-order valence-electron chi connectivity index (χ1n) is 11.8. The summed E-state index contributed by atoms with van der Waals surface area (Å²) in [5.74, 6) is 2.84. The first-order chi connectivity index (χ1) is 15.2. The molecule has 1 amide bonds. The fraction of sp³-hybridized carbons (Fsp3) is 0.696. The molecule has 8 heteroatoms. The number of aromatic nitrogens is 1. The van der Waals surface area contributed by atoms with Crippen LogP contribution in [0.25, 0.3) is 0 Å². The van der Waals surface area contributed by atoms with Gasteiger partial charge in [-0.1, -0.05) is 13.0 Å². The normalized spacial score (nSPS) is 18.8. The number of nitrogens with one attached hydrogen (secondary N) is 2. The van der Waals surface area contributed by atoms with E-state index in [0.29, 0.717) is 13.0 Å². The molecular weight excluding hydrogens is 390 g/mol. The Kier molecular flexibility index (Phi) is 9.39. The summed E-state index contributed by atoms with van der Waals surface area (Å²) < 4.78 is 0. The highest BCUT2D eigenvalue weighted by molar-refractivity contribution is 5.81. The summed E-state index contributed by atoms with van der Waals surface area (Å²) in [6.45, 7) is 10.6. The second-order valence-electron chi connectivity index (χ2n) is 8.61. The van der Waals surface area contributed by atoms with Crippen molar-refractivity contribution in [2.75, 3.05) is 70.9 Å². The first kappa shape index (κ1) is 23.3. The molecule has 0 radical (unpaired) electrons. The fourth-order valence-electron chi connectivity index (χ4n) is 4.19. The van der Waals surface area contributed by atoms with Crippen LogP contribution < -0.4 is 15.5 Å². The van der Waals surface area contributed by atoms with Gasteiger partial charge >= 0.3 is 0 Å². The van der Waals surface area contributed by atoms with Gasteiger partial charge < -0.3 is 25.3 Å². The van der Waals surface area contributed by atoms with Gasteiger partial charge in [0.05, 0.1) is 0 Å². The van der Waals surface area contributed by atoms with Crippen LogP contribution in [0.4, 0.5) is 5.82 Å². The highest BCUT2D eigenvalue weighted by Crippen LogP contribution is 2.15. The molecule has 0 saturated carbocycles. The topological polar surface area (TPSA) is 76.1 Å². The van der Waals surface area contributed by atoms with E-state index < -0.39 is 0 Å². The molecule has 0 unspecified atom stereocenters. The van der Waals surface area contributed by atoms with Crippen LogP contribution in [0.1, 0.15) is 32.6 Å². The Morgan fingerprint density at radius 1 is 1.10 bits per heavy atom. The van der Waals surface area contributed by atoms with E-state index in [-0.39, 0.29) is 5.91 Å². The molecule has 2 saturated heterocycles. The van der Waals surface area contributed by atoms with Crippen molar-refractivity contribution < 1.29 is 4.79 Å². The van der Waals surface area contributed by atoms with E-state index in [4.69, 9.17) is 0 Å². The summed E-state index contributed by atoms with van der Waals surface area (Å²) in [6.07, 6.45) is 6.05. The Labute approximate surface area is 187 Å². The Morgan fingerprint density at radius 2 is 1.84 bits per heavy atom. The van der Waals surface area contributed by atoms with E-state index in [1.54, 1.807) is 7.05 Å². The predicted octanol–water partition coefficient (Wildman–Crippen LogP) is 1.41. The van der Waals surface area contributed by atoms with Crippen LogP contribution in [-0.2, 0) is 4.79 Å². The lowest BCUT2D eigenvalue weighted by Crippen LogP contribution is -2.49. The highest BCUT2D eigenvalue weighted by atomic mass is 16.2. The van der Waals surface area contributed by atoms with Crippen molar-refractivity contribution in [1.82, 2.24) is 25.4 Å². The number of anilines is 1. The average molecular weight is 430 g/mol. The Balaban J connectivity index is 1.26. The molecule has 1 aromatic heterocycles. The molecule has 0 aliphatic carbocycles. The van der Waals surface area contributed by atoms with Crippen LogP contribution in [0.5, 0.6) is 0 Å². The maximum atomic E-state index is 12.6. The smallest absolute Gasteiger partial charge is 0.224 e. The standard InChI is InChI=1S/C23H39N7O/c1-20-8-14-28(15-9-20)13-5-11-26-23(24-2)27-12-7-22(31)30-18-16-29(17-19-30)21-6-3-4-10-25-21/h3-4,6,10,20H,5,7-9,11-19H2,1-2H3,(H2,24,26,27). The van der Waals surface area contributed by atoms with Gasteiger partial charge in [0.1, 0.15) is 5.82 Å². The van der Waals surface area contributed by atoms with Crippen molar-refractivity contribution in [1.29, 1.82) is 0 Å². The number of amides is 1. The molecule has 8 nitrogen and oxygen atoms in total. The van der Waals surface area contributed by atoms with E-state index in [2.05, 4.69) is 37.3 Å². The van der Waals surface area contributed by atoms with Crippen LogP contribution in [-0.4, -0.2) is 92.6 Å². The molecule has 0 atom stereocenters. The van der Waals surface area contributed by atoms with Gasteiger partial charge in [-0.15, -0.1) is 0 Å². The summed E-state index contributed by atoms with van der Waals surface area (Å²) in [5, 5.41) is 6.64. The van der Waals surface area contributed by atoms with Gasteiger partial charge in [0.25, 0.3) is 0 Å². The van der Waals surface area contributed by atoms with E-state index in [1.807, 2.05) is 29.3 Å². The van der Waals surface area contributed by atoms with Crippen molar-refractivity contribution >= 4 is 17.7 Å². The molecule has 31 heavy (non-hydrogen) atoms. The van der Waals surface area contributed by atoms with Crippen molar-refractivity contribution in [2.45, 2.75) is 32.6 Å². The Bertz CT molecular complexity index is 680. The van der Waals surface area contributed by atoms with E-state index in [1.165, 1.54) is 25.9 Å². The largest absolute Gasteiger partial charge is 0.356 e. The number of hydrogen-bond donors (Lipinski definition) is 2. The zero-order valence-electron chi connectivity index (χ0n) is 19.2. The van der Waals surface area contributed by atoms with Crippen molar-refractivity contribution in [2.24, 2.45) is 10.9 Å². The lowest BCUT2D eigenvalue weighted by molar-refractivity contribution is -0.131. The summed E-state index contributed by atoms with van der Waals surface area (Å²) in [7, 11) is 1.78. The van der Waals surface area contributed by atoms with Crippen LogP contribution in [0.2, 0.25) is 0 Å². The molecule has 0 spiro atoms. The van der Waals surface area contributed by atoms with Gasteiger partial charge in [-0.3, -0.25) is 9.79 Å². The fourth-order valence-corrected chi connectivity index (χ4v) is 4.19. The van der Waals surface area contributed by atoms with Crippen LogP contribution in [0, 0.1) is 5.92 Å². The number of hydrogen-bond acceptors (Lipinski definition) is 5. The van der Waals surface area contributed by atoms with Gasteiger partial charge in [0.15, 0.2) is 5.96 Å². The van der Waals surface area contributed by atoms with E-state index in [0.717, 1.165) is 63.4 Å². The third-order valence-electron chi connectivity index (χ3n) is 6.28. The average Bonchev–Trinajstić information content (AvgIpc) is 2.82. The second kappa shape index (κ2) is 12.5. The lowest BCUT2D eigenvalue weighted by Gasteiger charge is -2.35. The number of nitrogens with zero attached hydrogens (tertiary/aromatic N) is 5. The van der Waals surface area contributed by atoms with Gasteiger partial charge in [0.2, 0.25) is 5.91 Å². The van der Waals surface area contributed by atoms with Crippen molar-refractivity contribution in [3.63, 3.8) is 0 Å². The number of carbonyl (C=O) groups is 1. The minimum Gasteiger partial charge on any atom is -0.356 e.